The maximum absolute atomic E-state index is 12.6. The molecule has 1 aliphatic heterocycles. The van der Waals surface area contributed by atoms with Crippen LogP contribution in [0.15, 0.2) is 55.4 Å². The normalized spacial score (nSPS) is 15.1. The van der Waals surface area contributed by atoms with Crippen LogP contribution in [0.2, 0.25) is 0 Å². The molecule has 0 spiro atoms. The van der Waals surface area contributed by atoms with E-state index in [0.29, 0.717) is 28.0 Å². The molecule has 0 bridgehead atoms. The molecule has 1 atom stereocenters. The number of halogens is 1. The minimum atomic E-state index is -0.720. The van der Waals surface area contributed by atoms with E-state index in [4.69, 9.17) is 0 Å². The zero-order valence-electron chi connectivity index (χ0n) is 15.7. The largest absolute Gasteiger partial charge is 0.465 e. The maximum atomic E-state index is 12.6. The van der Waals surface area contributed by atoms with E-state index < -0.39 is 23.1 Å². The summed E-state index contributed by atoms with van der Waals surface area (Å²) in [6, 6.07) is 9.47. The number of hydrogen-bond donors (Lipinski definition) is 2. The Bertz CT molecular complexity index is 1280. The molecule has 1 aliphatic rings. The summed E-state index contributed by atoms with van der Waals surface area (Å²) in [5.74, 6) is -0.279. The molecule has 3 aromatic rings. The maximum Gasteiger partial charge on any atom is 0.337 e. The van der Waals surface area contributed by atoms with Gasteiger partial charge in [0.25, 0.3) is 0 Å². The predicted molar refractivity (Wildman–Crippen MR) is 117 cm³/mol. The number of anilines is 1. The standard InChI is InChI=1S/C20H16BrN3O5S/c1-29-20(28)10-2-4-12(5-3-10)22-16(25)8-13-9-30-15-7-11(21)6-14-17(15)24(13)19(27)18(26)23-14/h2-7,13H,8-9H2,1H3,(H,22,25)(H,23,26). The Labute approximate surface area is 182 Å². The third-order valence-corrected chi connectivity index (χ3v) is 6.38. The highest BCUT2D eigenvalue weighted by Crippen LogP contribution is 2.37. The number of thioether (sulfide) groups is 1. The van der Waals surface area contributed by atoms with Crippen LogP contribution in [0.1, 0.15) is 22.8 Å². The second-order valence-electron chi connectivity index (χ2n) is 6.72. The van der Waals surface area contributed by atoms with Gasteiger partial charge >= 0.3 is 17.1 Å². The third-order valence-electron chi connectivity index (χ3n) is 4.75. The first kappa shape index (κ1) is 20.4. The van der Waals surface area contributed by atoms with Gasteiger partial charge in [-0.15, -0.1) is 11.8 Å². The number of esters is 1. The molecular weight excluding hydrogens is 474 g/mol. The first-order valence-electron chi connectivity index (χ1n) is 8.96. The minimum absolute atomic E-state index is 0.0275. The fourth-order valence-corrected chi connectivity index (χ4v) is 5.21. The van der Waals surface area contributed by atoms with Crippen LogP contribution in [-0.2, 0) is 9.53 Å². The second kappa shape index (κ2) is 8.11. The highest BCUT2D eigenvalue weighted by atomic mass is 79.9. The number of nitrogens with zero attached hydrogens (tertiary/aromatic N) is 1. The lowest BCUT2D eigenvalue weighted by Gasteiger charge is -2.26. The molecule has 0 radical (unpaired) electrons. The fourth-order valence-electron chi connectivity index (χ4n) is 3.41. The lowest BCUT2D eigenvalue weighted by molar-refractivity contribution is -0.116. The van der Waals surface area contributed by atoms with Crippen LogP contribution in [0.4, 0.5) is 5.69 Å². The van der Waals surface area contributed by atoms with Gasteiger partial charge in [-0.25, -0.2) is 4.79 Å². The van der Waals surface area contributed by atoms with Crippen molar-refractivity contribution >= 4 is 56.3 Å². The van der Waals surface area contributed by atoms with Gasteiger partial charge in [0.05, 0.1) is 29.7 Å². The Balaban J connectivity index is 1.60. The molecule has 2 aromatic carbocycles. The average molecular weight is 490 g/mol. The van der Waals surface area contributed by atoms with Crippen molar-refractivity contribution in [2.45, 2.75) is 17.4 Å². The number of hydrogen-bond acceptors (Lipinski definition) is 6. The van der Waals surface area contributed by atoms with Crippen LogP contribution in [-0.4, -0.2) is 34.3 Å². The molecule has 0 aliphatic carbocycles. The van der Waals surface area contributed by atoms with Gasteiger partial charge in [0.2, 0.25) is 5.91 Å². The number of aromatic amines is 1. The zero-order chi connectivity index (χ0) is 21.4. The first-order chi connectivity index (χ1) is 14.4. The van der Waals surface area contributed by atoms with Gasteiger partial charge in [-0.1, -0.05) is 15.9 Å². The van der Waals surface area contributed by atoms with E-state index in [9.17, 15) is 19.2 Å². The molecule has 10 heteroatoms. The van der Waals surface area contributed by atoms with Crippen molar-refractivity contribution in [2.75, 3.05) is 18.2 Å². The number of nitrogens with one attached hydrogen (secondary N) is 2. The molecule has 2 N–H and O–H groups in total. The Morgan fingerprint density at radius 2 is 2.00 bits per heavy atom. The Morgan fingerprint density at radius 3 is 2.70 bits per heavy atom. The van der Waals surface area contributed by atoms with Crippen LogP contribution in [0.25, 0.3) is 11.0 Å². The second-order valence-corrected chi connectivity index (χ2v) is 8.69. The summed E-state index contributed by atoms with van der Waals surface area (Å²) in [5.41, 5.74) is 0.663. The number of ether oxygens (including phenoxy) is 1. The van der Waals surface area contributed by atoms with Crippen LogP contribution < -0.4 is 16.4 Å². The molecule has 8 nitrogen and oxygen atoms in total. The number of carbonyl (C=O) groups excluding carboxylic acids is 2. The van der Waals surface area contributed by atoms with E-state index in [-0.39, 0.29) is 12.3 Å². The van der Waals surface area contributed by atoms with Gasteiger partial charge < -0.3 is 15.0 Å². The summed E-state index contributed by atoms with van der Waals surface area (Å²) in [6.45, 7) is 0. The molecule has 154 valence electrons. The molecule has 0 saturated carbocycles. The topological polar surface area (TPSA) is 110 Å². The molecule has 4 rings (SSSR count). The van der Waals surface area contributed by atoms with Gasteiger partial charge in [0, 0.05) is 27.2 Å². The van der Waals surface area contributed by atoms with E-state index >= 15 is 0 Å². The van der Waals surface area contributed by atoms with E-state index in [2.05, 4.69) is 31.0 Å². The lowest BCUT2D eigenvalue weighted by atomic mass is 10.1. The van der Waals surface area contributed by atoms with Crippen LogP contribution in [0.3, 0.4) is 0 Å². The number of aromatic nitrogens is 2. The number of carbonyl (C=O) groups is 2. The van der Waals surface area contributed by atoms with Crippen LogP contribution >= 0.6 is 27.7 Å². The van der Waals surface area contributed by atoms with Gasteiger partial charge in [-0.2, -0.15) is 0 Å². The fraction of sp³-hybridized carbons (Fsp3) is 0.200. The van der Waals surface area contributed by atoms with Crippen LogP contribution in [0.5, 0.6) is 0 Å². The summed E-state index contributed by atoms with van der Waals surface area (Å²) in [4.78, 5) is 52.3. The van der Waals surface area contributed by atoms with Crippen molar-refractivity contribution < 1.29 is 14.3 Å². The van der Waals surface area contributed by atoms with Gasteiger partial charge in [0.1, 0.15) is 0 Å². The Hall–Kier alpha value is -2.85. The molecule has 1 unspecified atom stereocenters. The summed E-state index contributed by atoms with van der Waals surface area (Å²) >= 11 is 4.94. The monoisotopic (exact) mass is 489 g/mol. The minimum Gasteiger partial charge on any atom is -0.465 e. The molecule has 1 aromatic heterocycles. The predicted octanol–water partition coefficient (Wildman–Crippen LogP) is 2.91. The number of benzene rings is 2. The number of H-pyrrole nitrogens is 1. The van der Waals surface area contributed by atoms with Gasteiger partial charge in [-0.3, -0.25) is 19.0 Å². The highest BCUT2D eigenvalue weighted by Gasteiger charge is 2.27. The quantitative estimate of drug-likeness (QED) is 0.430. The molecular formula is C20H16BrN3O5S. The van der Waals surface area contributed by atoms with E-state index in [1.54, 1.807) is 30.3 Å². The summed E-state index contributed by atoms with van der Waals surface area (Å²) in [5, 5.41) is 2.76. The summed E-state index contributed by atoms with van der Waals surface area (Å²) < 4.78 is 6.87. The third kappa shape index (κ3) is 3.80. The number of rotatable bonds is 4. The van der Waals surface area contributed by atoms with Crippen molar-refractivity contribution in [3.05, 3.63) is 67.1 Å². The van der Waals surface area contributed by atoms with E-state index in [1.807, 2.05) is 6.07 Å². The smallest absolute Gasteiger partial charge is 0.337 e. The van der Waals surface area contributed by atoms with E-state index in [1.165, 1.54) is 23.4 Å². The summed E-state index contributed by atoms with van der Waals surface area (Å²) in [6.07, 6.45) is 0.0275. The molecule has 1 amide bonds. The van der Waals surface area contributed by atoms with Crippen LogP contribution in [0, 0.1) is 0 Å². The average Bonchev–Trinajstić information content (AvgIpc) is 2.72. The van der Waals surface area contributed by atoms with Crippen molar-refractivity contribution in [1.29, 1.82) is 0 Å². The molecule has 0 fully saturated rings. The number of amides is 1. The Morgan fingerprint density at radius 1 is 1.27 bits per heavy atom. The summed E-state index contributed by atoms with van der Waals surface area (Å²) in [7, 11) is 1.30. The number of methoxy groups -OCH3 is 1. The van der Waals surface area contributed by atoms with Crippen molar-refractivity contribution in [3.63, 3.8) is 0 Å². The van der Waals surface area contributed by atoms with Crippen molar-refractivity contribution in [2.24, 2.45) is 0 Å². The van der Waals surface area contributed by atoms with Crippen molar-refractivity contribution in [1.82, 2.24) is 9.55 Å². The van der Waals surface area contributed by atoms with Gasteiger partial charge in [-0.05, 0) is 36.4 Å². The first-order valence-corrected chi connectivity index (χ1v) is 10.7. The van der Waals surface area contributed by atoms with Gasteiger partial charge in [0.15, 0.2) is 0 Å². The molecule has 30 heavy (non-hydrogen) atoms. The molecule has 2 heterocycles. The molecule has 0 saturated heterocycles. The van der Waals surface area contributed by atoms with E-state index in [0.717, 1.165) is 9.37 Å². The zero-order valence-corrected chi connectivity index (χ0v) is 18.1. The lowest BCUT2D eigenvalue weighted by Crippen LogP contribution is -2.41. The Kier molecular flexibility index (Phi) is 5.52. The highest BCUT2D eigenvalue weighted by molar-refractivity contribution is 9.10. The SMILES string of the molecule is COC(=O)c1ccc(NC(=O)CC2CSc3cc(Br)cc4[nH]c(=O)c(=O)n2c34)cc1. The van der Waals surface area contributed by atoms with Crippen molar-refractivity contribution in [3.8, 4) is 0 Å².